The molecule has 0 amide bonds. The molecule has 0 spiro atoms. The number of piperidine rings is 1. The van der Waals surface area contributed by atoms with Crippen LogP contribution in [0.4, 0.5) is 0 Å². The highest BCUT2D eigenvalue weighted by Crippen LogP contribution is 2.23. The van der Waals surface area contributed by atoms with E-state index in [-0.39, 0.29) is 16.6 Å². The summed E-state index contributed by atoms with van der Waals surface area (Å²) in [5.74, 6) is -1.31. The van der Waals surface area contributed by atoms with Crippen LogP contribution in [0.1, 0.15) is 23.2 Å². The van der Waals surface area contributed by atoms with Gasteiger partial charge < -0.3 is 10.0 Å². The van der Waals surface area contributed by atoms with E-state index in [9.17, 15) is 13.2 Å². The second-order valence-corrected chi connectivity index (χ2v) is 6.91. The van der Waals surface area contributed by atoms with E-state index in [1.165, 1.54) is 11.4 Å². The molecule has 8 nitrogen and oxygen atoms in total. The molecule has 0 radical (unpaired) electrons. The first kappa shape index (κ1) is 14.9. The molecule has 2 heterocycles. The summed E-state index contributed by atoms with van der Waals surface area (Å²) in [7, 11) is -0.400. The second-order valence-electron chi connectivity index (χ2n) is 4.97. The Hall–Kier alpha value is -1.45. The summed E-state index contributed by atoms with van der Waals surface area (Å²) in [6.45, 7) is 1.64. The van der Waals surface area contributed by atoms with Gasteiger partial charge in [0.15, 0.2) is 5.03 Å². The Morgan fingerprint density at radius 1 is 1.50 bits per heavy atom. The molecule has 0 atom stereocenters. The SMILES string of the molecule is CN1CCC(N(C)S(=O)(=O)c2[nH]ncc2C(=O)O)CC1. The summed E-state index contributed by atoms with van der Waals surface area (Å²) in [6, 6.07) is -0.124. The van der Waals surface area contributed by atoms with E-state index in [2.05, 4.69) is 15.1 Å². The quantitative estimate of drug-likeness (QED) is 0.799. The molecule has 20 heavy (non-hydrogen) atoms. The van der Waals surface area contributed by atoms with Crippen molar-refractivity contribution in [2.24, 2.45) is 0 Å². The van der Waals surface area contributed by atoms with Gasteiger partial charge in [0.2, 0.25) is 0 Å². The Labute approximate surface area is 117 Å². The Balaban J connectivity index is 2.25. The lowest BCUT2D eigenvalue weighted by Gasteiger charge is -2.34. The first-order chi connectivity index (χ1) is 9.34. The maximum atomic E-state index is 12.5. The van der Waals surface area contributed by atoms with Gasteiger partial charge in [0, 0.05) is 13.1 Å². The van der Waals surface area contributed by atoms with Crippen LogP contribution >= 0.6 is 0 Å². The van der Waals surface area contributed by atoms with Gasteiger partial charge in [-0.3, -0.25) is 5.10 Å². The standard InChI is InChI=1S/C11H18N4O4S/c1-14-5-3-8(4-6-14)15(2)20(18,19)10-9(11(16)17)7-12-13-10/h7-8H,3-6H2,1-2H3,(H,12,13)(H,16,17). The van der Waals surface area contributed by atoms with Crippen LogP contribution in [0, 0.1) is 0 Å². The minimum Gasteiger partial charge on any atom is -0.478 e. The molecular weight excluding hydrogens is 284 g/mol. The molecule has 0 bridgehead atoms. The van der Waals surface area contributed by atoms with E-state index >= 15 is 0 Å². The highest BCUT2D eigenvalue weighted by molar-refractivity contribution is 7.89. The average Bonchev–Trinajstić information content (AvgIpc) is 2.89. The van der Waals surface area contributed by atoms with Crippen LogP contribution < -0.4 is 0 Å². The number of carboxylic acids is 1. The van der Waals surface area contributed by atoms with Crippen molar-refractivity contribution in [1.82, 2.24) is 19.4 Å². The molecule has 2 rings (SSSR count). The fourth-order valence-corrected chi connectivity index (χ4v) is 3.80. The third kappa shape index (κ3) is 2.69. The van der Waals surface area contributed by atoms with Crippen molar-refractivity contribution in [2.45, 2.75) is 23.9 Å². The molecule has 112 valence electrons. The van der Waals surface area contributed by atoms with Crippen molar-refractivity contribution in [2.75, 3.05) is 27.2 Å². The molecule has 1 fully saturated rings. The molecule has 1 saturated heterocycles. The van der Waals surface area contributed by atoms with Gasteiger partial charge in [0.25, 0.3) is 10.0 Å². The number of aromatic carboxylic acids is 1. The number of aromatic amines is 1. The zero-order chi connectivity index (χ0) is 14.9. The van der Waals surface area contributed by atoms with Crippen LogP contribution in [0.15, 0.2) is 11.2 Å². The lowest BCUT2D eigenvalue weighted by atomic mass is 10.1. The number of carboxylic acid groups (broad SMARTS) is 1. The highest BCUT2D eigenvalue weighted by atomic mass is 32.2. The van der Waals surface area contributed by atoms with E-state index in [1.54, 1.807) is 0 Å². The van der Waals surface area contributed by atoms with Crippen molar-refractivity contribution in [1.29, 1.82) is 0 Å². The number of carbonyl (C=O) groups is 1. The third-order valence-electron chi connectivity index (χ3n) is 3.67. The third-order valence-corrected chi connectivity index (χ3v) is 5.56. The summed E-state index contributed by atoms with van der Waals surface area (Å²) >= 11 is 0. The van der Waals surface area contributed by atoms with Crippen LogP contribution in [-0.4, -0.2) is 72.1 Å². The van der Waals surface area contributed by atoms with Crippen molar-refractivity contribution in [3.8, 4) is 0 Å². The molecule has 0 aliphatic carbocycles. The zero-order valence-corrected chi connectivity index (χ0v) is 12.2. The number of rotatable bonds is 4. The summed E-state index contributed by atoms with van der Waals surface area (Å²) in [4.78, 5) is 13.2. The minimum atomic E-state index is -3.87. The fraction of sp³-hybridized carbons (Fsp3) is 0.636. The maximum absolute atomic E-state index is 12.5. The summed E-state index contributed by atoms with van der Waals surface area (Å²) < 4.78 is 26.2. The molecule has 0 saturated carbocycles. The number of aromatic nitrogens is 2. The van der Waals surface area contributed by atoms with E-state index < -0.39 is 16.0 Å². The lowest BCUT2D eigenvalue weighted by Crippen LogP contribution is -2.44. The van der Waals surface area contributed by atoms with Gasteiger partial charge in [-0.15, -0.1) is 0 Å². The molecule has 1 aromatic rings. The first-order valence-corrected chi connectivity index (χ1v) is 7.71. The fourth-order valence-electron chi connectivity index (χ4n) is 2.32. The van der Waals surface area contributed by atoms with Gasteiger partial charge in [-0.2, -0.15) is 9.40 Å². The average molecular weight is 302 g/mol. The Bertz CT molecular complexity index is 589. The molecule has 1 aromatic heterocycles. The molecule has 9 heteroatoms. The number of hydrogen-bond acceptors (Lipinski definition) is 5. The summed E-state index contributed by atoms with van der Waals surface area (Å²) in [5, 5.41) is 14.5. The van der Waals surface area contributed by atoms with E-state index in [4.69, 9.17) is 5.11 Å². The van der Waals surface area contributed by atoms with Gasteiger partial charge in [0.05, 0.1) is 6.20 Å². The first-order valence-electron chi connectivity index (χ1n) is 6.27. The van der Waals surface area contributed by atoms with E-state index in [1.807, 2.05) is 7.05 Å². The van der Waals surface area contributed by atoms with Gasteiger partial charge >= 0.3 is 5.97 Å². The zero-order valence-electron chi connectivity index (χ0n) is 11.4. The molecule has 2 N–H and O–H groups in total. The normalized spacial score (nSPS) is 18.6. The summed E-state index contributed by atoms with van der Waals surface area (Å²) in [6.07, 6.45) is 2.46. The second kappa shape index (κ2) is 5.51. The van der Waals surface area contributed by atoms with Crippen LogP contribution in [0.2, 0.25) is 0 Å². The van der Waals surface area contributed by atoms with E-state index in [0.717, 1.165) is 32.1 Å². The van der Waals surface area contributed by atoms with Crippen LogP contribution in [0.3, 0.4) is 0 Å². The monoisotopic (exact) mass is 302 g/mol. The molecule has 0 unspecified atom stereocenters. The predicted molar refractivity (Wildman–Crippen MR) is 71.0 cm³/mol. The van der Waals surface area contributed by atoms with Crippen molar-refractivity contribution in [3.05, 3.63) is 11.8 Å². The minimum absolute atomic E-state index is 0.124. The molecular formula is C11H18N4O4S. The van der Waals surface area contributed by atoms with Gasteiger partial charge in [-0.05, 0) is 33.0 Å². The van der Waals surface area contributed by atoms with E-state index in [0.29, 0.717) is 0 Å². The van der Waals surface area contributed by atoms with Crippen LogP contribution in [0.25, 0.3) is 0 Å². The largest absolute Gasteiger partial charge is 0.478 e. The Morgan fingerprint density at radius 2 is 2.10 bits per heavy atom. The van der Waals surface area contributed by atoms with Crippen molar-refractivity contribution in [3.63, 3.8) is 0 Å². The number of nitrogens with zero attached hydrogens (tertiary/aromatic N) is 3. The molecule has 0 aromatic carbocycles. The van der Waals surface area contributed by atoms with Crippen LogP contribution in [-0.2, 0) is 10.0 Å². The molecule has 1 aliphatic rings. The number of nitrogens with one attached hydrogen (secondary N) is 1. The number of hydrogen-bond donors (Lipinski definition) is 2. The summed E-state index contributed by atoms with van der Waals surface area (Å²) in [5.41, 5.74) is -0.329. The lowest BCUT2D eigenvalue weighted by molar-refractivity contribution is 0.0692. The number of sulfonamides is 1. The maximum Gasteiger partial charge on any atom is 0.340 e. The Morgan fingerprint density at radius 3 is 2.65 bits per heavy atom. The van der Waals surface area contributed by atoms with Gasteiger partial charge in [-0.25, -0.2) is 13.2 Å². The van der Waals surface area contributed by atoms with Gasteiger partial charge in [-0.1, -0.05) is 0 Å². The van der Waals surface area contributed by atoms with Crippen LogP contribution in [0.5, 0.6) is 0 Å². The predicted octanol–water partition coefficient (Wildman–Crippen LogP) is -0.177. The highest BCUT2D eigenvalue weighted by Gasteiger charge is 2.34. The van der Waals surface area contributed by atoms with Gasteiger partial charge in [0.1, 0.15) is 5.56 Å². The smallest absolute Gasteiger partial charge is 0.340 e. The number of H-pyrrole nitrogens is 1. The van der Waals surface area contributed by atoms with Crippen molar-refractivity contribution >= 4 is 16.0 Å². The Kier molecular flexibility index (Phi) is 4.11. The number of likely N-dealkylation sites (tertiary alicyclic amines) is 1. The topological polar surface area (TPSA) is 107 Å². The molecule has 1 aliphatic heterocycles. The van der Waals surface area contributed by atoms with Crippen molar-refractivity contribution < 1.29 is 18.3 Å².